The zero-order chi connectivity index (χ0) is 10.0. The Hall–Kier alpha value is 0.0300. The lowest BCUT2D eigenvalue weighted by Gasteiger charge is -2.07. The maximum absolute atomic E-state index is 12.3. The molecule has 0 atom stereocenters. The van der Waals surface area contributed by atoms with Crippen LogP contribution in [0.15, 0.2) is 6.07 Å². The largest absolute Gasteiger partial charge is 0.280 e. The monoisotopic (exact) mass is 317 g/mol. The van der Waals surface area contributed by atoms with E-state index in [-0.39, 0.29) is 11.6 Å². The van der Waals surface area contributed by atoms with Gasteiger partial charge in [-0.2, -0.15) is 0 Å². The Balaban J connectivity index is 3.22. The fourth-order valence-corrected chi connectivity index (χ4v) is 1.80. The molecular formula is C8H7ClF2IN. The van der Waals surface area contributed by atoms with Crippen LogP contribution in [-0.2, 0) is 5.88 Å². The van der Waals surface area contributed by atoms with Crippen molar-refractivity contribution in [3.63, 3.8) is 0 Å². The number of aromatic nitrogens is 1. The van der Waals surface area contributed by atoms with Crippen LogP contribution in [0.2, 0.25) is 0 Å². The molecule has 0 fully saturated rings. The third-order valence-electron chi connectivity index (χ3n) is 1.71. The van der Waals surface area contributed by atoms with Crippen LogP contribution in [0.25, 0.3) is 0 Å². The predicted molar refractivity (Wildman–Crippen MR) is 56.2 cm³/mol. The van der Waals surface area contributed by atoms with Gasteiger partial charge >= 0.3 is 0 Å². The lowest BCUT2D eigenvalue weighted by molar-refractivity contribution is 0.145. The van der Waals surface area contributed by atoms with E-state index in [4.69, 9.17) is 11.6 Å². The van der Waals surface area contributed by atoms with Crippen LogP contribution >= 0.6 is 34.2 Å². The van der Waals surface area contributed by atoms with E-state index in [0.717, 1.165) is 11.1 Å². The first-order chi connectivity index (χ1) is 6.06. The zero-order valence-corrected chi connectivity index (χ0v) is 9.73. The molecule has 1 rings (SSSR count). The number of hydrogen-bond donors (Lipinski definition) is 0. The lowest BCUT2D eigenvalue weighted by atomic mass is 10.1. The molecule has 0 saturated heterocycles. The topological polar surface area (TPSA) is 12.9 Å². The quantitative estimate of drug-likeness (QED) is 0.461. The third-order valence-corrected chi connectivity index (χ3v) is 3.05. The number of pyridine rings is 1. The number of hydrogen-bond acceptors (Lipinski definition) is 1. The minimum absolute atomic E-state index is 0.203. The summed E-state index contributed by atoms with van der Waals surface area (Å²) in [4.78, 5) is 3.76. The van der Waals surface area contributed by atoms with Crippen molar-refractivity contribution in [1.82, 2.24) is 4.98 Å². The van der Waals surface area contributed by atoms with Crippen LogP contribution in [0.1, 0.15) is 23.2 Å². The summed E-state index contributed by atoms with van der Waals surface area (Å²) in [6.07, 6.45) is -2.53. The molecule has 0 N–H and O–H groups in total. The smallest absolute Gasteiger partial charge is 0.241 e. The summed E-state index contributed by atoms with van der Waals surface area (Å²) in [6.45, 7) is 1.82. The van der Waals surface area contributed by atoms with E-state index in [2.05, 4.69) is 4.98 Å². The predicted octanol–water partition coefficient (Wildman–Crippen LogP) is 3.67. The standard InChI is InChI=1S/C8H7ClF2IN/c1-4-5(3-9)2-6(7(10)11)13-8(4)12/h2,7H,3H2,1H3. The molecule has 72 valence electrons. The Morgan fingerprint density at radius 2 is 2.23 bits per heavy atom. The first-order valence-corrected chi connectivity index (χ1v) is 5.17. The second kappa shape index (κ2) is 4.50. The SMILES string of the molecule is Cc1c(CCl)cc(C(F)F)nc1I. The molecule has 0 amide bonds. The van der Waals surface area contributed by atoms with E-state index in [0.29, 0.717) is 3.70 Å². The number of rotatable bonds is 2. The molecule has 0 spiro atoms. The van der Waals surface area contributed by atoms with Gasteiger partial charge in [-0.25, -0.2) is 13.8 Å². The molecule has 0 aliphatic carbocycles. The molecule has 0 aliphatic heterocycles. The fraction of sp³-hybridized carbons (Fsp3) is 0.375. The molecular weight excluding hydrogens is 310 g/mol. The molecule has 1 heterocycles. The number of nitrogens with zero attached hydrogens (tertiary/aromatic N) is 1. The average Bonchev–Trinajstić information content (AvgIpc) is 2.09. The maximum Gasteiger partial charge on any atom is 0.280 e. The Labute approximate surface area is 93.6 Å². The Kier molecular flexibility index (Phi) is 3.85. The van der Waals surface area contributed by atoms with Gasteiger partial charge in [-0.05, 0) is 46.7 Å². The summed E-state index contributed by atoms with van der Waals surface area (Å²) in [6, 6.07) is 1.36. The highest BCUT2D eigenvalue weighted by molar-refractivity contribution is 14.1. The van der Waals surface area contributed by atoms with Crippen molar-refractivity contribution in [2.24, 2.45) is 0 Å². The second-order valence-corrected chi connectivity index (χ2v) is 3.85. The molecule has 13 heavy (non-hydrogen) atoms. The van der Waals surface area contributed by atoms with Crippen molar-refractivity contribution < 1.29 is 8.78 Å². The molecule has 0 saturated carbocycles. The summed E-state index contributed by atoms with van der Waals surface area (Å²) in [5, 5.41) is 0. The molecule has 1 aromatic heterocycles. The molecule has 0 radical (unpaired) electrons. The number of halogens is 4. The van der Waals surface area contributed by atoms with Gasteiger partial charge in [0.25, 0.3) is 6.43 Å². The van der Waals surface area contributed by atoms with Crippen LogP contribution in [0.5, 0.6) is 0 Å². The molecule has 0 aliphatic rings. The molecule has 1 nitrogen and oxygen atoms in total. The lowest BCUT2D eigenvalue weighted by Crippen LogP contribution is -1.99. The van der Waals surface area contributed by atoms with Crippen molar-refractivity contribution in [2.45, 2.75) is 19.2 Å². The minimum atomic E-state index is -2.53. The molecule has 0 unspecified atom stereocenters. The van der Waals surface area contributed by atoms with Gasteiger partial charge in [-0.1, -0.05) is 0 Å². The van der Waals surface area contributed by atoms with Crippen molar-refractivity contribution in [2.75, 3.05) is 0 Å². The Morgan fingerprint density at radius 3 is 2.69 bits per heavy atom. The van der Waals surface area contributed by atoms with Crippen LogP contribution in [0.4, 0.5) is 8.78 Å². The van der Waals surface area contributed by atoms with Gasteiger partial charge in [-0.3, -0.25) is 0 Å². The number of alkyl halides is 3. The van der Waals surface area contributed by atoms with Crippen LogP contribution in [-0.4, -0.2) is 4.98 Å². The maximum atomic E-state index is 12.3. The Bertz CT molecular complexity index is 317. The Morgan fingerprint density at radius 1 is 1.62 bits per heavy atom. The van der Waals surface area contributed by atoms with E-state index in [1.165, 1.54) is 6.07 Å². The van der Waals surface area contributed by atoms with E-state index in [1.807, 2.05) is 29.5 Å². The van der Waals surface area contributed by atoms with E-state index in [1.54, 1.807) is 0 Å². The van der Waals surface area contributed by atoms with Crippen molar-refractivity contribution in [1.29, 1.82) is 0 Å². The van der Waals surface area contributed by atoms with Gasteiger partial charge in [0.1, 0.15) is 9.39 Å². The molecule has 0 bridgehead atoms. The van der Waals surface area contributed by atoms with Gasteiger partial charge in [0, 0.05) is 5.88 Å². The van der Waals surface area contributed by atoms with Gasteiger partial charge in [0.05, 0.1) is 0 Å². The third kappa shape index (κ3) is 2.49. The van der Waals surface area contributed by atoms with Crippen molar-refractivity contribution >= 4 is 34.2 Å². The highest BCUT2D eigenvalue weighted by Crippen LogP contribution is 2.23. The second-order valence-electron chi connectivity index (χ2n) is 2.56. The van der Waals surface area contributed by atoms with Gasteiger partial charge in [-0.15, -0.1) is 11.6 Å². The highest BCUT2D eigenvalue weighted by atomic mass is 127. The summed E-state index contributed by atoms with van der Waals surface area (Å²) in [7, 11) is 0. The summed E-state index contributed by atoms with van der Waals surface area (Å²) in [5.41, 5.74) is 1.39. The van der Waals surface area contributed by atoms with Crippen LogP contribution in [0.3, 0.4) is 0 Å². The van der Waals surface area contributed by atoms with E-state index < -0.39 is 6.43 Å². The average molecular weight is 318 g/mol. The van der Waals surface area contributed by atoms with Gasteiger partial charge < -0.3 is 0 Å². The van der Waals surface area contributed by atoms with E-state index in [9.17, 15) is 8.78 Å². The summed E-state index contributed by atoms with van der Waals surface area (Å²) >= 11 is 7.53. The van der Waals surface area contributed by atoms with Gasteiger partial charge in [0.15, 0.2) is 0 Å². The minimum Gasteiger partial charge on any atom is -0.241 e. The molecule has 0 aromatic carbocycles. The highest BCUT2D eigenvalue weighted by Gasteiger charge is 2.13. The zero-order valence-electron chi connectivity index (χ0n) is 6.82. The van der Waals surface area contributed by atoms with E-state index >= 15 is 0 Å². The first kappa shape index (κ1) is 11.1. The van der Waals surface area contributed by atoms with Gasteiger partial charge in [0.2, 0.25) is 0 Å². The fourth-order valence-electron chi connectivity index (χ4n) is 0.899. The first-order valence-electron chi connectivity index (χ1n) is 3.56. The van der Waals surface area contributed by atoms with Crippen molar-refractivity contribution in [3.05, 3.63) is 26.6 Å². The van der Waals surface area contributed by atoms with Crippen LogP contribution < -0.4 is 0 Å². The summed E-state index contributed by atoms with van der Waals surface area (Å²) in [5.74, 6) is 0.240. The van der Waals surface area contributed by atoms with Crippen molar-refractivity contribution in [3.8, 4) is 0 Å². The van der Waals surface area contributed by atoms with Crippen LogP contribution in [0, 0.1) is 10.6 Å². The normalized spacial score (nSPS) is 10.9. The molecule has 5 heteroatoms. The summed E-state index contributed by atoms with van der Waals surface area (Å²) < 4.78 is 25.2. The molecule has 1 aromatic rings.